The van der Waals surface area contributed by atoms with E-state index in [1.807, 2.05) is 34.6 Å². The van der Waals surface area contributed by atoms with E-state index in [-0.39, 0.29) is 27.2 Å². The summed E-state index contributed by atoms with van der Waals surface area (Å²) in [6.07, 6.45) is -3.64. The van der Waals surface area contributed by atoms with Crippen LogP contribution in [0.15, 0.2) is 17.1 Å². The van der Waals surface area contributed by atoms with E-state index in [9.17, 15) is 13.2 Å². The molecular weight excluding hydrogens is 362 g/mol. The Bertz CT molecular complexity index is 585. The lowest BCUT2D eigenvalue weighted by Gasteiger charge is -2.25. The highest BCUT2D eigenvalue weighted by Gasteiger charge is 2.32. The molecule has 1 rings (SSSR count). The Labute approximate surface area is 150 Å². The largest absolute Gasteiger partial charge is 0.416 e. The Kier molecular flexibility index (Phi) is 6.82. The van der Waals surface area contributed by atoms with Gasteiger partial charge < -0.3 is 0 Å². The second-order valence-corrected chi connectivity index (χ2v) is 7.36. The fraction of sp³-hybridized carbons (Fsp3) is 0.562. The molecule has 1 aromatic rings. The monoisotopic (exact) mass is 383 g/mol. The minimum absolute atomic E-state index is 0.104. The second-order valence-electron chi connectivity index (χ2n) is 6.55. The maximum Gasteiger partial charge on any atom is 0.416 e. The molecule has 1 aromatic carbocycles. The number of nitrogens with zero attached hydrogens (tertiary/aromatic N) is 1. The van der Waals surface area contributed by atoms with Gasteiger partial charge in [0.25, 0.3) is 0 Å². The number of hydrazine groups is 1. The van der Waals surface area contributed by atoms with Crippen LogP contribution in [0.5, 0.6) is 0 Å². The van der Waals surface area contributed by atoms with Crippen LogP contribution < -0.4 is 10.9 Å². The molecule has 0 radical (unpaired) electrons. The lowest BCUT2D eigenvalue weighted by Crippen LogP contribution is -2.39. The summed E-state index contributed by atoms with van der Waals surface area (Å²) in [7, 11) is 0. The van der Waals surface area contributed by atoms with Crippen LogP contribution >= 0.6 is 23.2 Å². The van der Waals surface area contributed by atoms with Crippen molar-refractivity contribution in [1.82, 2.24) is 5.43 Å². The molecule has 0 fully saturated rings. The van der Waals surface area contributed by atoms with Crippen LogP contribution in [0.4, 0.5) is 18.9 Å². The average Bonchev–Trinajstić information content (AvgIpc) is 2.42. The molecule has 136 valence electrons. The van der Waals surface area contributed by atoms with Gasteiger partial charge >= 0.3 is 6.18 Å². The molecule has 8 heteroatoms. The van der Waals surface area contributed by atoms with Crippen LogP contribution in [0.3, 0.4) is 0 Å². The van der Waals surface area contributed by atoms with Gasteiger partial charge in [0, 0.05) is 11.5 Å². The molecule has 0 heterocycles. The van der Waals surface area contributed by atoms with Crippen molar-refractivity contribution in [2.75, 3.05) is 5.43 Å². The number of alkyl halides is 3. The molecular formula is C16H22Cl2F3N3. The molecule has 0 amide bonds. The van der Waals surface area contributed by atoms with Gasteiger partial charge in [-0.2, -0.15) is 13.2 Å². The first-order chi connectivity index (χ1) is 10.9. The highest BCUT2D eigenvalue weighted by atomic mass is 35.5. The van der Waals surface area contributed by atoms with E-state index < -0.39 is 11.7 Å². The molecule has 0 aliphatic carbocycles. The summed E-state index contributed by atoms with van der Waals surface area (Å²) in [4.78, 5) is 4.57. The van der Waals surface area contributed by atoms with Crippen LogP contribution in [0.25, 0.3) is 0 Å². The third-order valence-corrected chi connectivity index (χ3v) is 3.92. The predicted octanol–water partition coefficient (Wildman–Crippen LogP) is 6.17. The van der Waals surface area contributed by atoms with Gasteiger partial charge in [-0.15, -0.1) is 0 Å². The standard InChI is InChI=1S/C16H22Cl2F3N3/c1-6-9(2)22-14(15(3,4)5)24-23-13-11(17)7-10(8-12(13)18)16(19,20)21/h7-9,23H,6H2,1-5H3,(H,22,24). The van der Waals surface area contributed by atoms with Crippen LogP contribution in [0.2, 0.25) is 10.0 Å². The second kappa shape index (κ2) is 7.83. The normalized spacial score (nSPS) is 14.5. The van der Waals surface area contributed by atoms with E-state index in [0.717, 1.165) is 18.6 Å². The third-order valence-electron chi connectivity index (χ3n) is 3.33. The van der Waals surface area contributed by atoms with Crippen LogP contribution in [0.1, 0.15) is 46.6 Å². The summed E-state index contributed by atoms with van der Waals surface area (Å²) < 4.78 is 38.3. The molecule has 0 bridgehead atoms. The van der Waals surface area contributed by atoms with E-state index in [1.165, 1.54) is 0 Å². The Hall–Kier alpha value is -1.14. The Morgan fingerprint density at radius 3 is 2.04 bits per heavy atom. The molecule has 2 N–H and O–H groups in total. The van der Waals surface area contributed by atoms with Crippen LogP contribution in [-0.4, -0.2) is 11.9 Å². The highest BCUT2D eigenvalue weighted by Crippen LogP contribution is 2.38. The van der Waals surface area contributed by atoms with Gasteiger partial charge in [-0.25, -0.2) is 0 Å². The molecule has 24 heavy (non-hydrogen) atoms. The van der Waals surface area contributed by atoms with Gasteiger partial charge in [-0.05, 0) is 25.5 Å². The zero-order valence-corrected chi connectivity index (χ0v) is 15.8. The van der Waals surface area contributed by atoms with E-state index >= 15 is 0 Å². The van der Waals surface area contributed by atoms with Crippen molar-refractivity contribution in [2.45, 2.75) is 53.3 Å². The Morgan fingerprint density at radius 1 is 1.17 bits per heavy atom. The zero-order chi connectivity index (χ0) is 18.7. The SMILES string of the molecule is CCC(C)N=C(NNc1c(Cl)cc(C(F)(F)F)cc1Cl)C(C)(C)C. The molecule has 0 saturated carbocycles. The first-order valence-electron chi connectivity index (χ1n) is 7.52. The number of hydrogen-bond acceptors (Lipinski definition) is 2. The van der Waals surface area contributed by atoms with Crippen molar-refractivity contribution < 1.29 is 13.2 Å². The number of amidine groups is 1. The maximum absolute atomic E-state index is 12.8. The predicted molar refractivity (Wildman–Crippen MR) is 94.9 cm³/mol. The van der Waals surface area contributed by atoms with E-state index in [4.69, 9.17) is 23.2 Å². The summed E-state index contributed by atoms with van der Waals surface area (Å²) in [6, 6.07) is 1.77. The number of aliphatic imine (C=N–C) groups is 1. The van der Waals surface area contributed by atoms with Gasteiger partial charge in [0.1, 0.15) is 5.84 Å². The lowest BCUT2D eigenvalue weighted by atomic mass is 9.95. The van der Waals surface area contributed by atoms with Crippen molar-refractivity contribution in [3.8, 4) is 0 Å². The summed E-state index contributed by atoms with van der Waals surface area (Å²) >= 11 is 11.9. The number of hydrogen-bond donors (Lipinski definition) is 2. The molecule has 1 unspecified atom stereocenters. The maximum atomic E-state index is 12.8. The van der Waals surface area contributed by atoms with Crippen molar-refractivity contribution >= 4 is 34.7 Å². The first kappa shape index (κ1) is 20.9. The molecule has 0 saturated heterocycles. The summed E-state index contributed by atoms with van der Waals surface area (Å²) in [5.74, 6) is 0.656. The molecule has 0 spiro atoms. The summed E-state index contributed by atoms with van der Waals surface area (Å²) in [5.41, 5.74) is 4.70. The van der Waals surface area contributed by atoms with Crippen molar-refractivity contribution in [1.29, 1.82) is 0 Å². The molecule has 0 aliphatic rings. The quantitative estimate of drug-likeness (QED) is 0.370. The fourth-order valence-electron chi connectivity index (χ4n) is 1.70. The van der Waals surface area contributed by atoms with Crippen LogP contribution in [-0.2, 0) is 6.18 Å². The van der Waals surface area contributed by atoms with Gasteiger partial charge in [0.05, 0.1) is 21.3 Å². The topological polar surface area (TPSA) is 36.4 Å². The van der Waals surface area contributed by atoms with Gasteiger partial charge in [0.2, 0.25) is 0 Å². The smallest absolute Gasteiger partial charge is 0.297 e. The fourth-order valence-corrected chi connectivity index (χ4v) is 2.28. The Morgan fingerprint density at radius 2 is 1.67 bits per heavy atom. The molecule has 1 atom stereocenters. The van der Waals surface area contributed by atoms with Crippen molar-refractivity contribution in [2.24, 2.45) is 10.4 Å². The minimum Gasteiger partial charge on any atom is -0.297 e. The van der Waals surface area contributed by atoms with Crippen LogP contribution in [0, 0.1) is 5.41 Å². The number of anilines is 1. The van der Waals surface area contributed by atoms with E-state index in [0.29, 0.717) is 5.84 Å². The highest BCUT2D eigenvalue weighted by molar-refractivity contribution is 6.39. The van der Waals surface area contributed by atoms with E-state index in [1.54, 1.807) is 0 Å². The molecule has 0 aliphatic heterocycles. The lowest BCUT2D eigenvalue weighted by molar-refractivity contribution is -0.137. The summed E-state index contributed by atoms with van der Waals surface area (Å²) in [6.45, 7) is 9.91. The Balaban J connectivity index is 3.06. The zero-order valence-electron chi connectivity index (χ0n) is 14.3. The first-order valence-corrected chi connectivity index (χ1v) is 8.28. The van der Waals surface area contributed by atoms with Gasteiger partial charge in [-0.3, -0.25) is 15.8 Å². The van der Waals surface area contributed by atoms with Crippen molar-refractivity contribution in [3.63, 3.8) is 0 Å². The third kappa shape index (κ3) is 5.74. The number of rotatable bonds is 4. The molecule has 0 aromatic heterocycles. The average molecular weight is 384 g/mol. The number of benzene rings is 1. The van der Waals surface area contributed by atoms with Gasteiger partial charge in [-0.1, -0.05) is 50.9 Å². The summed E-state index contributed by atoms with van der Waals surface area (Å²) in [5, 5.41) is -0.252. The van der Waals surface area contributed by atoms with E-state index in [2.05, 4.69) is 15.8 Å². The molecule has 3 nitrogen and oxygen atoms in total. The van der Waals surface area contributed by atoms with Gasteiger partial charge in [0.15, 0.2) is 0 Å². The van der Waals surface area contributed by atoms with Crippen molar-refractivity contribution in [3.05, 3.63) is 27.7 Å². The number of halogens is 5. The number of nitrogens with one attached hydrogen (secondary N) is 2. The minimum atomic E-state index is -4.51.